The highest BCUT2D eigenvalue weighted by molar-refractivity contribution is 6.12. The lowest BCUT2D eigenvalue weighted by atomic mass is 10.0. The van der Waals surface area contributed by atoms with Crippen molar-refractivity contribution in [1.82, 2.24) is 4.98 Å². The normalized spacial score (nSPS) is 11.1. The molecule has 2 aromatic carbocycles. The van der Waals surface area contributed by atoms with Gasteiger partial charge < -0.3 is 9.15 Å². The number of pyridine rings is 1. The molecule has 108 valence electrons. The van der Waals surface area contributed by atoms with E-state index in [1.165, 1.54) is 0 Å². The van der Waals surface area contributed by atoms with Gasteiger partial charge in [0.15, 0.2) is 0 Å². The first-order valence-corrected chi connectivity index (χ1v) is 7.36. The Morgan fingerprint density at radius 1 is 0.955 bits per heavy atom. The van der Waals surface area contributed by atoms with Crippen LogP contribution in [0.25, 0.3) is 33.0 Å². The number of fused-ring (bicyclic) bond motifs is 3. The van der Waals surface area contributed by atoms with E-state index < -0.39 is 0 Å². The molecule has 0 unspecified atom stereocenters. The Kier molecular flexibility index (Phi) is 3.04. The van der Waals surface area contributed by atoms with Gasteiger partial charge in [-0.1, -0.05) is 48.5 Å². The van der Waals surface area contributed by atoms with Gasteiger partial charge in [0.1, 0.15) is 6.26 Å². The number of hydrogen-bond acceptors (Lipinski definition) is 3. The first-order valence-electron chi connectivity index (χ1n) is 7.36. The molecule has 2 aromatic heterocycles. The molecule has 0 aliphatic carbocycles. The lowest BCUT2D eigenvalue weighted by molar-refractivity contribution is 0.331. The van der Waals surface area contributed by atoms with Crippen molar-refractivity contribution in [3.8, 4) is 17.0 Å². The van der Waals surface area contributed by atoms with Gasteiger partial charge in [0.2, 0.25) is 11.6 Å². The topological polar surface area (TPSA) is 35.3 Å². The van der Waals surface area contributed by atoms with Gasteiger partial charge in [-0.3, -0.25) is 0 Å². The molecule has 0 saturated carbocycles. The summed E-state index contributed by atoms with van der Waals surface area (Å²) < 4.78 is 11.4. The Morgan fingerprint density at radius 2 is 1.68 bits per heavy atom. The maximum absolute atomic E-state index is 5.71. The minimum Gasteiger partial charge on any atom is -0.477 e. The molecule has 4 rings (SSSR count). The minimum atomic E-state index is 0.578. The Labute approximate surface area is 128 Å². The van der Waals surface area contributed by atoms with Gasteiger partial charge in [0.05, 0.1) is 12.0 Å². The maximum atomic E-state index is 5.71. The highest BCUT2D eigenvalue weighted by Crippen LogP contribution is 2.37. The van der Waals surface area contributed by atoms with Crippen LogP contribution in [0.5, 0.6) is 5.88 Å². The van der Waals surface area contributed by atoms with Crippen LogP contribution in [-0.4, -0.2) is 11.6 Å². The first-order chi connectivity index (χ1) is 10.9. The summed E-state index contributed by atoms with van der Waals surface area (Å²) in [5, 5.41) is 3.14. The number of furan rings is 1. The van der Waals surface area contributed by atoms with Crippen molar-refractivity contribution < 1.29 is 9.15 Å². The zero-order valence-electron chi connectivity index (χ0n) is 12.2. The van der Waals surface area contributed by atoms with Crippen molar-refractivity contribution in [2.45, 2.75) is 6.92 Å². The van der Waals surface area contributed by atoms with E-state index in [1.54, 1.807) is 6.26 Å². The van der Waals surface area contributed by atoms with Crippen LogP contribution in [0.4, 0.5) is 0 Å². The third kappa shape index (κ3) is 1.94. The molecule has 0 aliphatic rings. The van der Waals surface area contributed by atoms with E-state index >= 15 is 0 Å². The molecule has 22 heavy (non-hydrogen) atoms. The molecule has 0 bridgehead atoms. The molecule has 4 aromatic rings. The molecule has 0 saturated heterocycles. The van der Waals surface area contributed by atoms with Gasteiger partial charge in [-0.25, -0.2) is 0 Å². The highest BCUT2D eigenvalue weighted by atomic mass is 16.5. The monoisotopic (exact) mass is 289 g/mol. The maximum Gasteiger partial charge on any atom is 0.230 e. The van der Waals surface area contributed by atoms with E-state index in [2.05, 4.69) is 23.2 Å². The van der Waals surface area contributed by atoms with E-state index in [4.69, 9.17) is 9.15 Å². The van der Waals surface area contributed by atoms with E-state index in [0.717, 1.165) is 27.3 Å². The lowest BCUT2D eigenvalue weighted by Gasteiger charge is -2.07. The van der Waals surface area contributed by atoms with Gasteiger partial charge in [0.25, 0.3) is 0 Å². The largest absolute Gasteiger partial charge is 0.477 e. The molecule has 0 fully saturated rings. The van der Waals surface area contributed by atoms with Crippen LogP contribution in [0.15, 0.2) is 65.3 Å². The molecule has 0 amide bonds. The Bertz CT molecular complexity index is 942. The van der Waals surface area contributed by atoms with Crippen LogP contribution in [0, 0.1) is 0 Å². The van der Waals surface area contributed by atoms with Crippen molar-refractivity contribution in [2.24, 2.45) is 0 Å². The number of nitrogens with zero attached hydrogens (tertiary/aromatic N) is 1. The molecule has 0 N–H and O–H groups in total. The fraction of sp³-hybridized carbons (Fsp3) is 0.105. The summed E-state index contributed by atoms with van der Waals surface area (Å²) >= 11 is 0. The average Bonchev–Trinajstić information content (AvgIpc) is 3.00. The molecule has 0 radical (unpaired) electrons. The lowest BCUT2D eigenvalue weighted by Crippen LogP contribution is -1.95. The predicted molar refractivity (Wildman–Crippen MR) is 88.1 cm³/mol. The van der Waals surface area contributed by atoms with Crippen LogP contribution in [0.3, 0.4) is 0 Å². The number of aromatic nitrogens is 1. The second-order valence-corrected chi connectivity index (χ2v) is 5.09. The number of benzene rings is 2. The Hall–Kier alpha value is -2.81. The van der Waals surface area contributed by atoms with Gasteiger partial charge in [-0.05, 0) is 18.6 Å². The quantitative estimate of drug-likeness (QED) is 0.529. The fourth-order valence-electron chi connectivity index (χ4n) is 2.81. The van der Waals surface area contributed by atoms with Gasteiger partial charge in [-0.2, -0.15) is 4.98 Å². The van der Waals surface area contributed by atoms with Crippen LogP contribution in [0.2, 0.25) is 0 Å². The van der Waals surface area contributed by atoms with Crippen molar-refractivity contribution >= 4 is 21.9 Å². The number of rotatable bonds is 3. The Morgan fingerprint density at radius 3 is 2.45 bits per heavy atom. The smallest absolute Gasteiger partial charge is 0.230 e. The predicted octanol–water partition coefficient (Wildman–Crippen LogP) is 5.05. The minimum absolute atomic E-state index is 0.578. The van der Waals surface area contributed by atoms with Crippen LogP contribution in [0.1, 0.15) is 6.92 Å². The third-order valence-electron chi connectivity index (χ3n) is 3.77. The summed E-state index contributed by atoms with van der Waals surface area (Å²) in [4.78, 5) is 4.55. The molecule has 3 heteroatoms. The zero-order chi connectivity index (χ0) is 14.9. The fourth-order valence-corrected chi connectivity index (χ4v) is 2.81. The summed E-state index contributed by atoms with van der Waals surface area (Å²) in [7, 11) is 0. The molecular formula is C19H15NO2. The molecule has 0 spiro atoms. The van der Waals surface area contributed by atoms with Gasteiger partial charge in [0, 0.05) is 16.3 Å². The third-order valence-corrected chi connectivity index (χ3v) is 3.77. The summed E-state index contributed by atoms with van der Waals surface area (Å²) in [6, 6.07) is 18.4. The summed E-state index contributed by atoms with van der Waals surface area (Å²) in [6.07, 6.45) is 1.77. The van der Waals surface area contributed by atoms with E-state index in [9.17, 15) is 0 Å². The summed E-state index contributed by atoms with van der Waals surface area (Å²) in [5.74, 6) is 0.625. The summed E-state index contributed by atoms with van der Waals surface area (Å²) in [6.45, 7) is 2.53. The van der Waals surface area contributed by atoms with Crippen molar-refractivity contribution in [3.63, 3.8) is 0 Å². The molecular weight excluding hydrogens is 274 g/mol. The van der Waals surface area contributed by atoms with E-state index in [-0.39, 0.29) is 0 Å². The summed E-state index contributed by atoms with van der Waals surface area (Å²) in [5.41, 5.74) is 2.79. The van der Waals surface area contributed by atoms with Crippen LogP contribution < -0.4 is 4.74 Å². The number of hydrogen-bond donors (Lipinski definition) is 0. The molecule has 0 atom stereocenters. The molecule has 2 heterocycles. The average molecular weight is 289 g/mol. The second kappa shape index (κ2) is 5.19. The first kappa shape index (κ1) is 12.9. The number of ether oxygens (including phenoxy) is 1. The SMILES string of the molecule is CCOc1nc2occ(-c3ccccc3)c2c2ccccc12. The van der Waals surface area contributed by atoms with Gasteiger partial charge in [-0.15, -0.1) is 0 Å². The zero-order valence-corrected chi connectivity index (χ0v) is 12.2. The van der Waals surface area contributed by atoms with Crippen molar-refractivity contribution in [1.29, 1.82) is 0 Å². The molecule has 0 aliphatic heterocycles. The standard InChI is InChI=1S/C19H15NO2/c1-2-21-18-15-11-7-6-10-14(15)17-16(12-22-19(17)20-18)13-8-4-3-5-9-13/h3-12H,2H2,1H3. The highest BCUT2D eigenvalue weighted by Gasteiger charge is 2.16. The van der Waals surface area contributed by atoms with Crippen molar-refractivity contribution in [2.75, 3.05) is 6.61 Å². The van der Waals surface area contributed by atoms with E-state index in [0.29, 0.717) is 18.2 Å². The molecule has 3 nitrogen and oxygen atoms in total. The van der Waals surface area contributed by atoms with Crippen LogP contribution in [-0.2, 0) is 0 Å². The van der Waals surface area contributed by atoms with Gasteiger partial charge >= 0.3 is 0 Å². The second-order valence-electron chi connectivity index (χ2n) is 5.09. The Balaban J connectivity index is 2.09. The van der Waals surface area contributed by atoms with E-state index in [1.807, 2.05) is 43.3 Å². The van der Waals surface area contributed by atoms with Crippen molar-refractivity contribution in [3.05, 3.63) is 60.9 Å². The van der Waals surface area contributed by atoms with Crippen LogP contribution >= 0.6 is 0 Å².